The number of unbranched alkanes of at least 4 members (excludes halogenated alkanes) is 1. The largest absolute Gasteiger partial charge is 0.382 e. The van der Waals surface area contributed by atoms with Gasteiger partial charge < -0.3 is 39.6 Å². The Morgan fingerprint density at radius 3 is 1.57 bits per heavy atom. The van der Waals surface area contributed by atoms with E-state index in [9.17, 15) is 19.2 Å². The molecule has 0 heterocycles. The highest BCUT2D eigenvalue weighted by Gasteiger charge is 2.27. The van der Waals surface area contributed by atoms with Crippen molar-refractivity contribution in [2.45, 2.75) is 153 Å². The zero-order valence-corrected chi connectivity index (χ0v) is 48.4. The third-order valence-corrected chi connectivity index (χ3v) is 13.6. The monoisotopic (exact) mass is 1040 g/mol. The maximum Gasteiger partial charge on any atom is 0.244 e. The van der Waals surface area contributed by atoms with Crippen LogP contribution in [-0.4, -0.2) is 110 Å². The summed E-state index contributed by atoms with van der Waals surface area (Å²) in [6, 6.07) is 0. The maximum atomic E-state index is 13.5. The Balaban J connectivity index is 1.84. The summed E-state index contributed by atoms with van der Waals surface area (Å²) in [6.45, 7) is 27.3. The van der Waals surface area contributed by atoms with E-state index in [1.165, 1.54) is 54.4 Å². The van der Waals surface area contributed by atoms with E-state index in [-0.39, 0.29) is 40.8 Å². The van der Waals surface area contributed by atoms with Crippen molar-refractivity contribution in [1.82, 2.24) is 16.0 Å². The quantitative estimate of drug-likeness (QED) is 0.0312. The standard InChI is InChI=1S/C63H99N3O9/c1-49(27-29-57-53(5)24-16-32-62(57,7)8)20-14-22-51(3)46-56(67)48-55(61(70)66-36-19-38-73-43-45-75-44-42-72-37-18-35-64-59(68)31-39-74-41-40-71-11)26-12-13-34-65-60(69)47-52(4)23-15-21-50(2)28-30-58-54(6)25-17-33-63(58,9)10/h14-15,20-23,27-30,46-47,55H,12-13,16-19,24-26,31-45,48H2,1-11H3,(H,64,68)(H,65,69)(H,66,70)/b22-14+,23-15+,29-27+,30-28+,49-20+,50-21+,51-46+,52-47+/t55-/m1/s1. The number of carbonyl (C=O) groups excluding carboxylic acids is 4. The molecule has 0 aromatic rings. The van der Waals surface area contributed by atoms with Gasteiger partial charge in [-0.1, -0.05) is 117 Å². The van der Waals surface area contributed by atoms with E-state index >= 15 is 0 Å². The van der Waals surface area contributed by atoms with Gasteiger partial charge in [0, 0.05) is 64.8 Å². The molecule has 12 heteroatoms. The molecule has 12 nitrogen and oxygen atoms in total. The fourth-order valence-corrected chi connectivity index (χ4v) is 9.20. The van der Waals surface area contributed by atoms with Crippen molar-refractivity contribution in [2.24, 2.45) is 16.7 Å². The van der Waals surface area contributed by atoms with Gasteiger partial charge in [0.2, 0.25) is 17.7 Å². The van der Waals surface area contributed by atoms with E-state index in [1.54, 1.807) is 19.3 Å². The van der Waals surface area contributed by atoms with Crippen molar-refractivity contribution in [1.29, 1.82) is 0 Å². The smallest absolute Gasteiger partial charge is 0.244 e. The van der Waals surface area contributed by atoms with Crippen molar-refractivity contribution < 1.29 is 42.9 Å². The normalized spacial score (nSPS) is 17.3. The molecule has 0 radical (unpaired) electrons. The molecule has 0 bridgehead atoms. The fraction of sp³-hybridized carbons (Fsp3) is 0.619. The molecule has 2 aliphatic carbocycles. The molecule has 0 unspecified atom stereocenters. The molecule has 0 aliphatic heterocycles. The lowest BCUT2D eigenvalue weighted by atomic mass is 9.72. The highest BCUT2D eigenvalue weighted by Crippen LogP contribution is 2.42. The first-order valence-corrected chi connectivity index (χ1v) is 27.8. The second kappa shape index (κ2) is 38.8. The molecule has 1 atom stereocenters. The number of hydrogen-bond acceptors (Lipinski definition) is 9. The highest BCUT2D eigenvalue weighted by molar-refractivity contribution is 5.94. The number of hydrogen-bond donors (Lipinski definition) is 3. The lowest BCUT2D eigenvalue weighted by Gasteiger charge is -2.33. The van der Waals surface area contributed by atoms with Crippen LogP contribution >= 0.6 is 0 Å². The Hall–Kier alpha value is -4.72. The molecule has 420 valence electrons. The van der Waals surface area contributed by atoms with Crippen LogP contribution < -0.4 is 16.0 Å². The molecular weight excluding hydrogens is 943 g/mol. The molecule has 0 spiro atoms. The van der Waals surface area contributed by atoms with Gasteiger partial charge in [-0.05, 0) is 145 Å². The van der Waals surface area contributed by atoms with E-state index in [1.807, 2.05) is 38.2 Å². The first-order valence-electron chi connectivity index (χ1n) is 27.8. The van der Waals surface area contributed by atoms with Gasteiger partial charge in [-0.15, -0.1) is 0 Å². The molecule has 2 rings (SSSR count). The van der Waals surface area contributed by atoms with Gasteiger partial charge in [0.15, 0.2) is 5.78 Å². The number of carbonyl (C=O) groups is 4. The van der Waals surface area contributed by atoms with Crippen LogP contribution in [0.2, 0.25) is 0 Å². The molecule has 0 aromatic heterocycles. The van der Waals surface area contributed by atoms with Gasteiger partial charge >= 0.3 is 0 Å². The predicted molar refractivity (Wildman–Crippen MR) is 307 cm³/mol. The van der Waals surface area contributed by atoms with E-state index in [2.05, 4.69) is 108 Å². The SMILES string of the molecule is COCCOCCC(=O)NCCCOCCOCCOCCCNC(=O)[C@H](CCCCNC(=O)/C=C(C)/C=C/C=C(C)/C=C/C1=C(C)CCCC1(C)C)CC(=O)/C=C(C)/C=C/C=C(C)/C=C/C1=C(C)CCCC1(C)C. The van der Waals surface area contributed by atoms with Gasteiger partial charge in [-0.3, -0.25) is 19.2 Å². The number of methoxy groups -OCH3 is 1. The number of nitrogens with one attached hydrogen (secondary N) is 3. The van der Waals surface area contributed by atoms with Gasteiger partial charge in [-0.2, -0.15) is 0 Å². The summed E-state index contributed by atoms with van der Waals surface area (Å²) >= 11 is 0. The van der Waals surface area contributed by atoms with Crippen LogP contribution in [0.4, 0.5) is 0 Å². The van der Waals surface area contributed by atoms with Crippen molar-refractivity contribution in [3.63, 3.8) is 0 Å². The summed E-state index contributed by atoms with van der Waals surface area (Å²) in [5, 5.41) is 8.86. The number of allylic oxidation sites excluding steroid dienone is 19. The second-order valence-electron chi connectivity index (χ2n) is 21.5. The van der Waals surface area contributed by atoms with E-state index in [0.29, 0.717) is 118 Å². The molecule has 3 amide bonds. The minimum absolute atomic E-state index is 0.0465. The lowest BCUT2D eigenvalue weighted by Crippen LogP contribution is -2.33. The minimum atomic E-state index is -0.504. The highest BCUT2D eigenvalue weighted by atomic mass is 16.5. The van der Waals surface area contributed by atoms with Gasteiger partial charge in [0.1, 0.15) is 0 Å². The number of amides is 3. The molecule has 75 heavy (non-hydrogen) atoms. The van der Waals surface area contributed by atoms with Crippen LogP contribution in [0.15, 0.2) is 117 Å². The van der Waals surface area contributed by atoms with Crippen molar-refractivity contribution in [2.75, 3.05) is 86.2 Å². The predicted octanol–water partition coefficient (Wildman–Crippen LogP) is 12.0. The Morgan fingerprint density at radius 2 is 1.04 bits per heavy atom. The van der Waals surface area contributed by atoms with Crippen LogP contribution in [0.5, 0.6) is 0 Å². The van der Waals surface area contributed by atoms with E-state index < -0.39 is 5.92 Å². The zero-order chi connectivity index (χ0) is 55.3. The van der Waals surface area contributed by atoms with Crippen LogP contribution in [-0.2, 0) is 42.9 Å². The zero-order valence-electron chi connectivity index (χ0n) is 48.4. The fourth-order valence-electron chi connectivity index (χ4n) is 9.20. The summed E-state index contributed by atoms with van der Waals surface area (Å²) in [7, 11) is 1.61. The van der Waals surface area contributed by atoms with Gasteiger partial charge in [0.05, 0.1) is 46.2 Å². The van der Waals surface area contributed by atoms with Crippen LogP contribution in [0.1, 0.15) is 153 Å². The summed E-state index contributed by atoms with van der Waals surface area (Å²) in [6.07, 6.45) is 34.8. The third-order valence-electron chi connectivity index (χ3n) is 13.6. The summed E-state index contributed by atoms with van der Waals surface area (Å²) in [5.74, 6) is -0.970. The van der Waals surface area contributed by atoms with Crippen LogP contribution in [0.25, 0.3) is 0 Å². The Morgan fingerprint density at radius 1 is 0.560 bits per heavy atom. The number of ketones is 1. The van der Waals surface area contributed by atoms with Crippen LogP contribution in [0, 0.1) is 16.7 Å². The number of ether oxygens (including phenoxy) is 5. The second-order valence-corrected chi connectivity index (χ2v) is 21.5. The molecule has 0 fully saturated rings. The average Bonchev–Trinajstić information content (AvgIpc) is 3.33. The minimum Gasteiger partial charge on any atom is -0.382 e. The van der Waals surface area contributed by atoms with Crippen molar-refractivity contribution >= 4 is 23.5 Å². The Kier molecular flexibility index (Phi) is 34.3. The molecule has 2 aliphatic rings. The average molecular weight is 1040 g/mol. The Labute approximate surface area is 453 Å². The molecule has 0 aromatic carbocycles. The molecule has 0 saturated carbocycles. The topological polar surface area (TPSA) is 151 Å². The van der Waals surface area contributed by atoms with Gasteiger partial charge in [0.25, 0.3) is 0 Å². The summed E-state index contributed by atoms with van der Waals surface area (Å²) in [4.78, 5) is 51.5. The molecular formula is C63H99N3O9. The van der Waals surface area contributed by atoms with E-state index in [4.69, 9.17) is 23.7 Å². The van der Waals surface area contributed by atoms with E-state index in [0.717, 1.165) is 28.7 Å². The number of rotatable bonds is 38. The molecule has 3 N–H and O–H groups in total. The first-order chi connectivity index (χ1) is 35.8. The Bertz CT molecular complexity index is 2080. The van der Waals surface area contributed by atoms with Gasteiger partial charge in [-0.25, -0.2) is 0 Å². The summed E-state index contributed by atoms with van der Waals surface area (Å²) in [5.41, 5.74) is 10.1. The third kappa shape index (κ3) is 31.2. The van der Waals surface area contributed by atoms with Crippen molar-refractivity contribution in [3.05, 3.63) is 117 Å². The lowest BCUT2D eigenvalue weighted by molar-refractivity contribution is -0.128. The van der Waals surface area contributed by atoms with Crippen molar-refractivity contribution in [3.8, 4) is 0 Å². The van der Waals surface area contributed by atoms with Crippen LogP contribution in [0.3, 0.4) is 0 Å². The maximum absolute atomic E-state index is 13.5. The first kappa shape index (κ1) is 66.4. The molecule has 0 saturated heterocycles. The summed E-state index contributed by atoms with van der Waals surface area (Å²) < 4.78 is 27.1.